The molecule has 0 unspecified atom stereocenters. The summed E-state index contributed by atoms with van der Waals surface area (Å²) in [6.45, 7) is 10.7. The number of rotatable bonds is 3. The number of ether oxygens (including phenoxy) is 1. The molecule has 0 saturated heterocycles. The van der Waals surface area contributed by atoms with Crippen molar-refractivity contribution in [3.63, 3.8) is 0 Å². The van der Waals surface area contributed by atoms with Crippen molar-refractivity contribution in [1.29, 1.82) is 0 Å². The molecule has 0 bridgehead atoms. The maximum absolute atomic E-state index is 12.6. The van der Waals surface area contributed by atoms with Crippen LogP contribution in [-0.4, -0.2) is 16.8 Å². The molecule has 8 heteroatoms. The lowest BCUT2D eigenvalue weighted by Gasteiger charge is -2.17. The maximum atomic E-state index is 12.6. The fourth-order valence-corrected chi connectivity index (χ4v) is 3.89. The van der Waals surface area contributed by atoms with Gasteiger partial charge in [-0.2, -0.15) is 4.99 Å². The molecule has 142 valence electrons. The van der Waals surface area contributed by atoms with Crippen LogP contribution < -0.4 is 9.54 Å². The molecule has 0 aliphatic carbocycles. The summed E-state index contributed by atoms with van der Waals surface area (Å²) in [4.78, 5) is 18.2. The molecule has 0 saturated carbocycles. The monoisotopic (exact) mass is 386 g/mol. The summed E-state index contributed by atoms with van der Waals surface area (Å²) in [5, 5.41) is 0. The van der Waals surface area contributed by atoms with Gasteiger partial charge in [0.25, 0.3) is 5.91 Å². The van der Waals surface area contributed by atoms with Crippen LogP contribution in [-0.2, 0) is 12.0 Å². The van der Waals surface area contributed by atoms with Crippen molar-refractivity contribution in [1.82, 2.24) is 4.57 Å². The molecule has 0 spiro atoms. The molecule has 0 fully saturated rings. The van der Waals surface area contributed by atoms with Crippen LogP contribution in [0.1, 0.15) is 48.6 Å². The molecule has 2 aromatic rings. The van der Waals surface area contributed by atoms with E-state index in [1.54, 1.807) is 0 Å². The Kier molecular flexibility index (Phi) is 5.65. The number of para-hydroxylation sites is 1. The van der Waals surface area contributed by atoms with Crippen LogP contribution in [0.3, 0.4) is 0 Å². The van der Waals surface area contributed by atoms with Crippen LogP contribution in [0.5, 0.6) is 5.75 Å². The number of thiazole rings is 1. The topological polar surface area (TPSA) is 43.6 Å². The largest absolute Gasteiger partial charge is 0.573 e. The highest BCUT2D eigenvalue weighted by atomic mass is 32.1. The van der Waals surface area contributed by atoms with Gasteiger partial charge < -0.3 is 9.30 Å². The third kappa shape index (κ3) is 4.55. The zero-order valence-corrected chi connectivity index (χ0v) is 16.1. The summed E-state index contributed by atoms with van der Waals surface area (Å²) in [7, 11) is 0. The number of amides is 1. The first-order valence-corrected chi connectivity index (χ1v) is 8.90. The van der Waals surface area contributed by atoms with E-state index in [1.807, 2.05) is 18.4 Å². The van der Waals surface area contributed by atoms with Crippen LogP contribution in [0, 0.1) is 6.92 Å². The van der Waals surface area contributed by atoms with E-state index in [2.05, 4.69) is 30.5 Å². The summed E-state index contributed by atoms with van der Waals surface area (Å²) < 4.78 is 43.5. The summed E-state index contributed by atoms with van der Waals surface area (Å²) in [6, 6.07) is 5.22. The number of hydrogen-bond donors (Lipinski definition) is 0. The van der Waals surface area contributed by atoms with Crippen LogP contribution in [0.2, 0.25) is 0 Å². The Balaban J connectivity index is 2.54. The minimum atomic E-state index is -4.88. The number of carbonyl (C=O) groups is 1. The Morgan fingerprint density at radius 2 is 1.85 bits per heavy atom. The maximum Gasteiger partial charge on any atom is 0.573 e. The molecular weight excluding hydrogens is 365 g/mol. The average molecular weight is 386 g/mol. The van der Waals surface area contributed by atoms with Crippen molar-refractivity contribution in [2.45, 2.75) is 52.9 Å². The van der Waals surface area contributed by atoms with Gasteiger partial charge in [-0.05, 0) is 31.4 Å². The average Bonchev–Trinajstić information content (AvgIpc) is 2.81. The first-order chi connectivity index (χ1) is 11.9. The Morgan fingerprint density at radius 3 is 2.38 bits per heavy atom. The lowest BCUT2D eigenvalue weighted by Crippen LogP contribution is -2.20. The van der Waals surface area contributed by atoms with Gasteiger partial charge in [-0.3, -0.25) is 4.79 Å². The third-order valence-electron chi connectivity index (χ3n) is 3.70. The molecule has 0 atom stereocenters. The molecule has 2 rings (SSSR count). The lowest BCUT2D eigenvalue weighted by atomic mass is 9.93. The molecule has 0 radical (unpaired) electrons. The fourth-order valence-electron chi connectivity index (χ4n) is 2.64. The van der Waals surface area contributed by atoms with Crippen LogP contribution in [0.15, 0.2) is 29.3 Å². The highest BCUT2D eigenvalue weighted by Crippen LogP contribution is 2.29. The van der Waals surface area contributed by atoms with Gasteiger partial charge in [0.05, 0.1) is 5.56 Å². The molecule has 1 amide bonds. The second-order valence-corrected chi connectivity index (χ2v) is 7.73. The molecule has 26 heavy (non-hydrogen) atoms. The predicted molar refractivity (Wildman–Crippen MR) is 94.4 cm³/mol. The van der Waals surface area contributed by atoms with Crippen molar-refractivity contribution in [3.05, 3.63) is 45.2 Å². The second kappa shape index (κ2) is 7.26. The number of aromatic nitrogens is 1. The second-order valence-electron chi connectivity index (χ2n) is 6.75. The number of halogens is 3. The number of nitrogens with zero attached hydrogens (tertiary/aromatic N) is 2. The van der Waals surface area contributed by atoms with Crippen LogP contribution in [0.25, 0.3) is 0 Å². The van der Waals surface area contributed by atoms with E-state index in [-0.39, 0.29) is 11.0 Å². The predicted octanol–water partition coefficient (Wildman–Crippen LogP) is 4.82. The zero-order valence-electron chi connectivity index (χ0n) is 15.3. The van der Waals surface area contributed by atoms with Gasteiger partial charge in [0, 0.05) is 17.1 Å². The number of carbonyl (C=O) groups excluding carboxylic acids is 1. The quantitative estimate of drug-likeness (QED) is 0.759. The third-order valence-corrected chi connectivity index (χ3v) is 5.30. The van der Waals surface area contributed by atoms with Crippen molar-refractivity contribution in [2.75, 3.05) is 0 Å². The van der Waals surface area contributed by atoms with Crippen LogP contribution >= 0.6 is 11.3 Å². The lowest BCUT2D eigenvalue weighted by molar-refractivity contribution is -0.274. The van der Waals surface area contributed by atoms with Gasteiger partial charge in [-0.15, -0.1) is 24.5 Å². The normalized spacial score (nSPS) is 13.2. The highest BCUT2D eigenvalue weighted by Gasteiger charge is 2.33. The highest BCUT2D eigenvalue weighted by molar-refractivity contribution is 7.09. The molecule has 4 nitrogen and oxygen atoms in total. The molecule has 0 aliphatic heterocycles. The summed E-state index contributed by atoms with van der Waals surface area (Å²) >= 11 is 1.37. The first-order valence-electron chi connectivity index (χ1n) is 8.08. The van der Waals surface area contributed by atoms with E-state index in [0.29, 0.717) is 11.3 Å². The smallest absolute Gasteiger partial charge is 0.405 e. The number of alkyl halides is 3. The molecular formula is C18H21F3N2O2S. The molecule has 1 heterocycles. The van der Waals surface area contributed by atoms with E-state index in [0.717, 1.165) is 16.6 Å². The Morgan fingerprint density at radius 1 is 1.23 bits per heavy atom. The van der Waals surface area contributed by atoms with Crippen molar-refractivity contribution >= 4 is 17.2 Å². The van der Waals surface area contributed by atoms with Gasteiger partial charge in [0.2, 0.25) is 0 Å². The van der Waals surface area contributed by atoms with Crippen molar-refractivity contribution < 1.29 is 22.7 Å². The summed E-state index contributed by atoms with van der Waals surface area (Å²) in [5.74, 6) is -1.32. The molecule has 1 aromatic heterocycles. The van der Waals surface area contributed by atoms with Crippen molar-refractivity contribution in [3.8, 4) is 5.75 Å². The molecule has 1 aromatic carbocycles. The van der Waals surface area contributed by atoms with E-state index < -0.39 is 18.0 Å². The minimum Gasteiger partial charge on any atom is -0.405 e. The standard InChI is InChI=1S/C18H21F3N2O2S/c1-6-23-11(2)14(17(3,4)5)26-16(23)22-15(24)12-9-7-8-10-13(12)25-18(19,20)21/h7-10H,6H2,1-5H3/b22-16-. The van der Waals surface area contributed by atoms with E-state index in [1.165, 1.54) is 29.5 Å². The molecule has 0 N–H and O–H groups in total. The fraction of sp³-hybridized carbons (Fsp3) is 0.444. The van der Waals surface area contributed by atoms with Crippen molar-refractivity contribution in [2.24, 2.45) is 4.99 Å². The Bertz CT molecular complexity index is 874. The van der Waals surface area contributed by atoms with E-state index >= 15 is 0 Å². The van der Waals surface area contributed by atoms with Gasteiger partial charge in [-0.1, -0.05) is 32.9 Å². The van der Waals surface area contributed by atoms with Gasteiger partial charge >= 0.3 is 6.36 Å². The summed E-state index contributed by atoms with van der Waals surface area (Å²) in [5.41, 5.74) is 0.645. The minimum absolute atomic E-state index is 0.125. The molecule has 0 aliphatic rings. The van der Waals surface area contributed by atoms with Crippen LogP contribution in [0.4, 0.5) is 13.2 Å². The number of hydrogen-bond acceptors (Lipinski definition) is 3. The summed E-state index contributed by atoms with van der Waals surface area (Å²) in [6.07, 6.45) is -4.88. The number of benzene rings is 1. The van der Waals surface area contributed by atoms with E-state index in [4.69, 9.17) is 0 Å². The van der Waals surface area contributed by atoms with Gasteiger partial charge in [0.15, 0.2) is 4.80 Å². The zero-order chi connectivity index (χ0) is 19.7. The van der Waals surface area contributed by atoms with E-state index in [9.17, 15) is 18.0 Å². The van der Waals surface area contributed by atoms with Gasteiger partial charge in [-0.25, -0.2) is 0 Å². The Hall–Kier alpha value is -2.09. The SMILES string of the molecule is CCn1c(C)c(C(C)(C)C)s/c1=N\C(=O)c1ccccc1OC(F)(F)F. The Labute approximate surface area is 154 Å². The van der Waals surface area contributed by atoms with Gasteiger partial charge in [0.1, 0.15) is 5.75 Å². The first kappa shape index (κ1) is 20.2.